The van der Waals surface area contributed by atoms with Crippen LogP contribution in [0.25, 0.3) is 0 Å². The second kappa shape index (κ2) is 2.12. The average Bonchev–Trinajstić information content (AvgIpc) is 2.21. The molecule has 0 saturated heterocycles. The third kappa shape index (κ3) is 1.11. The summed E-state index contributed by atoms with van der Waals surface area (Å²) >= 11 is 0. The molecule has 2 heterocycles. The lowest BCUT2D eigenvalue weighted by Crippen LogP contribution is -2.24. The van der Waals surface area contributed by atoms with Crippen molar-refractivity contribution in [1.29, 1.82) is 0 Å². The van der Waals surface area contributed by atoms with Crippen LogP contribution in [0.1, 0.15) is 19.4 Å². The molecule has 1 aromatic rings. The first-order chi connectivity index (χ1) is 5.57. The minimum Gasteiger partial charge on any atom is -0.471 e. The summed E-state index contributed by atoms with van der Waals surface area (Å²) in [7, 11) is 0. The molecule has 0 aromatic carbocycles. The number of ether oxygens (including phenoxy) is 1. The summed E-state index contributed by atoms with van der Waals surface area (Å²) in [5, 5.41) is 0. The van der Waals surface area contributed by atoms with Crippen LogP contribution in [-0.2, 0) is 6.42 Å². The number of nitrogen functional groups attached to an aromatic ring is 1. The fourth-order valence-corrected chi connectivity index (χ4v) is 1.49. The van der Waals surface area contributed by atoms with Crippen molar-refractivity contribution in [3.63, 3.8) is 0 Å². The molecular formula is C9H12N2O. The number of rotatable bonds is 0. The number of hydrogen-bond acceptors (Lipinski definition) is 3. The third-order valence-corrected chi connectivity index (χ3v) is 1.94. The molecule has 3 nitrogen and oxygen atoms in total. The van der Waals surface area contributed by atoms with Gasteiger partial charge in [0.25, 0.3) is 0 Å². The van der Waals surface area contributed by atoms with Crippen LogP contribution in [0.3, 0.4) is 0 Å². The maximum absolute atomic E-state index is 5.60. The molecule has 0 aliphatic carbocycles. The largest absolute Gasteiger partial charge is 0.471 e. The zero-order chi connectivity index (χ0) is 8.77. The van der Waals surface area contributed by atoms with Crippen LogP contribution >= 0.6 is 0 Å². The predicted octanol–water partition coefficient (Wildman–Crippen LogP) is 1.38. The number of nitrogens with zero attached hydrogens (tertiary/aromatic N) is 1. The van der Waals surface area contributed by atoms with Crippen molar-refractivity contribution in [3.05, 3.63) is 17.8 Å². The van der Waals surface area contributed by atoms with Gasteiger partial charge in [0.1, 0.15) is 5.60 Å². The summed E-state index contributed by atoms with van der Waals surface area (Å²) in [5.41, 5.74) is 7.29. The van der Waals surface area contributed by atoms with Crippen molar-refractivity contribution in [3.8, 4) is 5.88 Å². The summed E-state index contributed by atoms with van der Waals surface area (Å²) in [6.07, 6.45) is 2.51. The van der Waals surface area contributed by atoms with E-state index in [1.165, 1.54) is 0 Å². The van der Waals surface area contributed by atoms with Crippen molar-refractivity contribution < 1.29 is 4.74 Å². The molecule has 12 heavy (non-hydrogen) atoms. The Kier molecular flexibility index (Phi) is 1.31. The molecule has 0 atom stereocenters. The van der Waals surface area contributed by atoms with Crippen molar-refractivity contribution in [2.24, 2.45) is 0 Å². The molecule has 3 heteroatoms. The Hall–Kier alpha value is -1.25. The van der Waals surface area contributed by atoms with Gasteiger partial charge < -0.3 is 10.5 Å². The highest BCUT2D eigenvalue weighted by Crippen LogP contribution is 2.33. The molecular weight excluding hydrogens is 152 g/mol. The van der Waals surface area contributed by atoms with Gasteiger partial charge in [-0.25, -0.2) is 4.98 Å². The minimum absolute atomic E-state index is 0.122. The second-order valence-electron chi connectivity index (χ2n) is 3.77. The van der Waals surface area contributed by atoms with E-state index in [4.69, 9.17) is 10.5 Å². The standard InChI is InChI=1S/C9H12N2O/c1-9(2)4-6-3-7(10)5-11-8(6)12-9/h3,5H,4,10H2,1-2H3. The number of nitrogens with two attached hydrogens (primary N) is 1. The van der Waals surface area contributed by atoms with Gasteiger partial charge in [-0.1, -0.05) is 0 Å². The maximum atomic E-state index is 5.60. The third-order valence-electron chi connectivity index (χ3n) is 1.94. The van der Waals surface area contributed by atoms with E-state index in [9.17, 15) is 0 Å². The van der Waals surface area contributed by atoms with Gasteiger partial charge in [-0.2, -0.15) is 0 Å². The molecule has 0 unspecified atom stereocenters. The fraction of sp³-hybridized carbons (Fsp3) is 0.444. The monoisotopic (exact) mass is 164 g/mol. The number of pyridine rings is 1. The summed E-state index contributed by atoms with van der Waals surface area (Å²) < 4.78 is 5.58. The van der Waals surface area contributed by atoms with Gasteiger partial charge >= 0.3 is 0 Å². The minimum atomic E-state index is -0.122. The zero-order valence-corrected chi connectivity index (χ0v) is 7.29. The first kappa shape index (κ1) is 7.40. The molecule has 0 fully saturated rings. The van der Waals surface area contributed by atoms with Crippen LogP contribution in [0.2, 0.25) is 0 Å². The number of aromatic nitrogens is 1. The van der Waals surface area contributed by atoms with Gasteiger partial charge in [-0.3, -0.25) is 0 Å². The zero-order valence-electron chi connectivity index (χ0n) is 7.29. The van der Waals surface area contributed by atoms with Crippen LogP contribution in [0.5, 0.6) is 5.88 Å². The summed E-state index contributed by atoms with van der Waals surface area (Å²) in [4.78, 5) is 4.11. The Morgan fingerprint density at radius 3 is 3.08 bits per heavy atom. The van der Waals surface area contributed by atoms with Gasteiger partial charge in [0.05, 0.1) is 11.9 Å². The Morgan fingerprint density at radius 1 is 1.58 bits per heavy atom. The second-order valence-corrected chi connectivity index (χ2v) is 3.77. The summed E-state index contributed by atoms with van der Waals surface area (Å²) in [6.45, 7) is 4.09. The van der Waals surface area contributed by atoms with Gasteiger partial charge in [0.15, 0.2) is 0 Å². The Bertz CT molecular complexity index is 320. The average molecular weight is 164 g/mol. The van der Waals surface area contributed by atoms with Crippen LogP contribution in [-0.4, -0.2) is 10.6 Å². The van der Waals surface area contributed by atoms with Crippen molar-refractivity contribution in [2.45, 2.75) is 25.9 Å². The Balaban J connectivity index is 2.43. The summed E-state index contributed by atoms with van der Waals surface area (Å²) in [6, 6.07) is 1.93. The van der Waals surface area contributed by atoms with Crippen LogP contribution in [0.15, 0.2) is 12.3 Å². The molecule has 2 rings (SSSR count). The van der Waals surface area contributed by atoms with Crippen LogP contribution in [0, 0.1) is 0 Å². The van der Waals surface area contributed by atoms with Gasteiger partial charge in [-0.15, -0.1) is 0 Å². The molecule has 1 aliphatic rings. The SMILES string of the molecule is CC1(C)Cc2cc(N)cnc2O1. The summed E-state index contributed by atoms with van der Waals surface area (Å²) in [5.74, 6) is 0.731. The topological polar surface area (TPSA) is 48.1 Å². The van der Waals surface area contributed by atoms with Crippen molar-refractivity contribution in [1.82, 2.24) is 4.98 Å². The lowest BCUT2D eigenvalue weighted by Gasteiger charge is -2.15. The molecule has 1 aliphatic heterocycles. The predicted molar refractivity (Wildman–Crippen MR) is 47.1 cm³/mol. The first-order valence-corrected chi connectivity index (χ1v) is 4.00. The normalized spacial score (nSPS) is 18.5. The van der Waals surface area contributed by atoms with Crippen LogP contribution < -0.4 is 10.5 Å². The lowest BCUT2D eigenvalue weighted by molar-refractivity contribution is 0.133. The van der Waals surface area contributed by atoms with Crippen molar-refractivity contribution in [2.75, 3.05) is 5.73 Å². The van der Waals surface area contributed by atoms with E-state index in [1.807, 2.05) is 19.9 Å². The lowest BCUT2D eigenvalue weighted by atomic mass is 10.0. The Morgan fingerprint density at radius 2 is 2.33 bits per heavy atom. The van der Waals surface area contributed by atoms with E-state index < -0.39 is 0 Å². The molecule has 0 spiro atoms. The quantitative estimate of drug-likeness (QED) is 0.630. The number of hydrogen-bond donors (Lipinski definition) is 1. The van der Waals surface area contributed by atoms with Crippen LogP contribution in [0.4, 0.5) is 5.69 Å². The highest BCUT2D eigenvalue weighted by molar-refractivity contribution is 5.45. The molecule has 2 N–H and O–H groups in total. The smallest absolute Gasteiger partial charge is 0.217 e. The van der Waals surface area contributed by atoms with Gasteiger partial charge in [0.2, 0.25) is 5.88 Å². The van der Waals surface area contributed by atoms with Crippen molar-refractivity contribution >= 4 is 5.69 Å². The molecule has 0 radical (unpaired) electrons. The number of fused-ring (bicyclic) bond motifs is 1. The first-order valence-electron chi connectivity index (χ1n) is 4.00. The Labute approximate surface area is 71.6 Å². The highest BCUT2D eigenvalue weighted by Gasteiger charge is 2.30. The van der Waals surface area contributed by atoms with E-state index in [0.717, 1.165) is 17.9 Å². The molecule has 0 amide bonds. The molecule has 0 bridgehead atoms. The number of anilines is 1. The molecule has 64 valence electrons. The molecule has 0 saturated carbocycles. The van der Waals surface area contributed by atoms with E-state index in [1.54, 1.807) is 6.20 Å². The maximum Gasteiger partial charge on any atom is 0.217 e. The van der Waals surface area contributed by atoms with E-state index in [2.05, 4.69) is 4.98 Å². The molecule has 1 aromatic heterocycles. The highest BCUT2D eigenvalue weighted by atomic mass is 16.5. The van der Waals surface area contributed by atoms with Gasteiger partial charge in [-0.05, 0) is 19.9 Å². The fourth-order valence-electron chi connectivity index (χ4n) is 1.49. The van der Waals surface area contributed by atoms with E-state index in [-0.39, 0.29) is 5.60 Å². The van der Waals surface area contributed by atoms with Gasteiger partial charge in [0, 0.05) is 12.0 Å². The van der Waals surface area contributed by atoms with E-state index in [0.29, 0.717) is 5.69 Å². The van der Waals surface area contributed by atoms with E-state index >= 15 is 0 Å².